The summed E-state index contributed by atoms with van der Waals surface area (Å²) in [5.41, 5.74) is -0.158. The molecule has 2 saturated carbocycles. The van der Waals surface area contributed by atoms with E-state index in [9.17, 15) is 9.59 Å². The second-order valence-corrected chi connectivity index (χ2v) is 8.14. The van der Waals surface area contributed by atoms with Crippen LogP contribution in [-0.2, 0) is 14.3 Å². The summed E-state index contributed by atoms with van der Waals surface area (Å²) in [7, 11) is 1.80. The average Bonchev–Trinajstić information content (AvgIpc) is 3.18. The molecule has 0 aromatic rings. The maximum atomic E-state index is 12.5. The number of carbonyl (C=O) groups excluding carboxylic acids is 2. The molecular weight excluding hydrogens is 342 g/mol. The summed E-state index contributed by atoms with van der Waals surface area (Å²) in [4.78, 5) is 25.5. The molecule has 5 nitrogen and oxygen atoms in total. The van der Waals surface area contributed by atoms with Gasteiger partial charge < -0.3 is 14.4 Å². The molecule has 0 radical (unpaired) electrons. The minimum atomic E-state index is -0.854. The number of hydrogen-bond acceptors (Lipinski definition) is 4. The lowest BCUT2D eigenvalue weighted by atomic mass is 9.63. The summed E-state index contributed by atoms with van der Waals surface area (Å²) >= 11 is 0. The molecule has 0 aromatic carbocycles. The molecule has 0 aromatic heterocycles. The lowest BCUT2D eigenvalue weighted by molar-refractivity contribution is -0.167. The number of hydrogen-bond donors (Lipinski definition) is 0. The van der Waals surface area contributed by atoms with E-state index >= 15 is 0 Å². The van der Waals surface area contributed by atoms with Gasteiger partial charge in [0.15, 0.2) is 0 Å². The van der Waals surface area contributed by atoms with Crippen LogP contribution in [0.5, 0.6) is 0 Å². The van der Waals surface area contributed by atoms with Crippen molar-refractivity contribution in [3.05, 3.63) is 13.2 Å². The molecule has 0 heterocycles. The Morgan fingerprint density at radius 2 is 1.56 bits per heavy atom. The van der Waals surface area contributed by atoms with Crippen molar-refractivity contribution < 1.29 is 19.1 Å². The van der Waals surface area contributed by atoms with Gasteiger partial charge in [0.1, 0.15) is 0 Å². The van der Waals surface area contributed by atoms with Crippen LogP contribution >= 0.6 is 0 Å². The Labute approximate surface area is 166 Å². The van der Waals surface area contributed by atoms with Crippen LogP contribution in [-0.4, -0.2) is 35.8 Å². The first kappa shape index (κ1) is 25.5. The van der Waals surface area contributed by atoms with Crippen molar-refractivity contribution >= 4 is 12.1 Å². The van der Waals surface area contributed by atoms with E-state index < -0.39 is 12.4 Å². The Morgan fingerprint density at radius 1 is 1.07 bits per heavy atom. The molecule has 2 aliphatic rings. The number of fused-ring (bicyclic) bond motifs is 2. The van der Waals surface area contributed by atoms with Gasteiger partial charge in [-0.2, -0.15) is 0 Å². The van der Waals surface area contributed by atoms with Crippen LogP contribution in [0.3, 0.4) is 0 Å². The molecule has 27 heavy (non-hydrogen) atoms. The molecule has 0 spiro atoms. The zero-order chi connectivity index (χ0) is 21.4. The van der Waals surface area contributed by atoms with Crippen molar-refractivity contribution in [2.45, 2.75) is 92.4 Å². The van der Waals surface area contributed by atoms with Crippen LogP contribution in [0.4, 0.5) is 4.79 Å². The first-order valence-electron chi connectivity index (χ1n) is 10.2. The van der Waals surface area contributed by atoms with Crippen LogP contribution in [0.15, 0.2) is 13.2 Å². The van der Waals surface area contributed by atoms with E-state index in [-0.39, 0.29) is 23.3 Å². The molecule has 1 amide bonds. The lowest BCUT2D eigenvalue weighted by Crippen LogP contribution is -2.60. The minimum Gasteiger partial charge on any atom is -0.425 e. The molecule has 2 rings (SSSR count). The first-order chi connectivity index (χ1) is 12.6. The van der Waals surface area contributed by atoms with Crippen molar-refractivity contribution in [3.63, 3.8) is 0 Å². The summed E-state index contributed by atoms with van der Waals surface area (Å²) < 4.78 is 10.3. The van der Waals surface area contributed by atoms with Gasteiger partial charge in [-0.15, -0.1) is 13.2 Å². The lowest BCUT2D eigenvalue weighted by Gasteiger charge is -2.52. The van der Waals surface area contributed by atoms with Crippen molar-refractivity contribution in [1.82, 2.24) is 4.90 Å². The van der Waals surface area contributed by atoms with Gasteiger partial charge in [0, 0.05) is 20.4 Å². The van der Waals surface area contributed by atoms with Gasteiger partial charge >= 0.3 is 12.1 Å². The molecule has 4 unspecified atom stereocenters. The van der Waals surface area contributed by atoms with Crippen molar-refractivity contribution in [2.24, 2.45) is 17.3 Å². The first-order valence-corrected chi connectivity index (χ1v) is 10.2. The van der Waals surface area contributed by atoms with E-state index in [1.807, 2.05) is 0 Å². The topological polar surface area (TPSA) is 55.8 Å². The van der Waals surface area contributed by atoms with Crippen LogP contribution in [0.1, 0.15) is 80.6 Å². The fraction of sp³-hybridized carbons (Fsp3) is 0.818. The fourth-order valence-electron chi connectivity index (χ4n) is 4.50. The third-order valence-electron chi connectivity index (χ3n) is 6.38. The van der Waals surface area contributed by atoms with Gasteiger partial charge in [0.25, 0.3) is 0 Å². The van der Waals surface area contributed by atoms with E-state index in [1.54, 1.807) is 25.8 Å². The second kappa shape index (κ2) is 10.7. The predicted molar refractivity (Wildman–Crippen MR) is 110 cm³/mol. The molecule has 0 N–H and O–H groups in total. The fourth-order valence-corrected chi connectivity index (χ4v) is 4.50. The Hall–Kier alpha value is -1.52. The zero-order valence-electron chi connectivity index (χ0n) is 18.8. The van der Waals surface area contributed by atoms with Crippen molar-refractivity contribution in [1.29, 1.82) is 0 Å². The van der Waals surface area contributed by atoms with E-state index in [1.165, 1.54) is 25.7 Å². The minimum absolute atomic E-state index is 0.0625. The Morgan fingerprint density at radius 3 is 1.96 bits per heavy atom. The number of ether oxygens (including phenoxy) is 2. The Balaban J connectivity index is 0.00000123. The van der Waals surface area contributed by atoms with E-state index in [2.05, 4.69) is 47.8 Å². The van der Waals surface area contributed by atoms with Crippen molar-refractivity contribution in [2.75, 3.05) is 7.05 Å². The SMILES string of the molecule is C=C.CCC.CCC(=O)OC(C)OC(=O)N(C)C1(C)C2CCC(C2)C1(C)C. The van der Waals surface area contributed by atoms with Gasteiger partial charge in [-0.3, -0.25) is 4.79 Å². The highest BCUT2D eigenvalue weighted by Crippen LogP contribution is 2.63. The third kappa shape index (κ3) is 5.26. The number of rotatable bonds is 4. The number of carbonyl (C=O) groups is 2. The summed E-state index contributed by atoms with van der Waals surface area (Å²) in [6.45, 7) is 20.2. The maximum absolute atomic E-state index is 12.5. The van der Waals surface area contributed by atoms with E-state index in [0.717, 1.165) is 0 Å². The summed E-state index contributed by atoms with van der Waals surface area (Å²) in [5.74, 6) is 0.807. The monoisotopic (exact) mass is 383 g/mol. The molecule has 2 fully saturated rings. The number of esters is 1. The predicted octanol–water partition coefficient (Wildman–Crippen LogP) is 5.79. The summed E-state index contributed by atoms with van der Waals surface area (Å²) in [6.07, 6.45) is 3.85. The van der Waals surface area contributed by atoms with Crippen LogP contribution in [0.2, 0.25) is 0 Å². The van der Waals surface area contributed by atoms with Gasteiger partial charge in [0.05, 0.1) is 5.54 Å². The van der Waals surface area contributed by atoms with Crippen molar-refractivity contribution in [3.8, 4) is 0 Å². The maximum Gasteiger partial charge on any atom is 0.413 e. The largest absolute Gasteiger partial charge is 0.425 e. The van der Waals surface area contributed by atoms with Gasteiger partial charge in [-0.25, -0.2) is 4.79 Å². The standard InChI is InChI=1S/C17H29NO4.C3H8.C2H4/c1-7-14(19)21-11(2)22-15(20)18(6)17(5)13-9-8-12(10-13)16(17,3)4;1-3-2;1-2/h11-13H,7-10H2,1-6H3;3H2,1-2H3;1-2H2. The van der Waals surface area contributed by atoms with E-state index in [4.69, 9.17) is 9.47 Å². The third-order valence-corrected chi connectivity index (χ3v) is 6.38. The Kier molecular flexibility index (Phi) is 10.1. The highest BCUT2D eigenvalue weighted by molar-refractivity contribution is 5.71. The molecule has 2 bridgehead atoms. The van der Waals surface area contributed by atoms with Gasteiger partial charge in [-0.05, 0) is 43.4 Å². The summed E-state index contributed by atoms with van der Waals surface area (Å²) in [5, 5.41) is 0. The highest BCUT2D eigenvalue weighted by atomic mass is 16.7. The smallest absolute Gasteiger partial charge is 0.413 e. The normalized spacial score (nSPS) is 28.0. The van der Waals surface area contributed by atoms with Crippen LogP contribution < -0.4 is 0 Å². The molecule has 2 aliphatic carbocycles. The Bertz CT molecular complexity index is 491. The second-order valence-electron chi connectivity index (χ2n) is 8.14. The number of nitrogens with zero attached hydrogens (tertiary/aromatic N) is 1. The average molecular weight is 384 g/mol. The summed E-state index contributed by atoms with van der Waals surface area (Å²) in [6, 6.07) is 0. The van der Waals surface area contributed by atoms with Crippen LogP contribution in [0.25, 0.3) is 0 Å². The number of amides is 1. The molecule has 158 valence electrons. The molecule has 0 saturated heterocycles. The zero-order valence-corrected chi connectivity index (χ0v) is 18.8. The molecular formula is C22H41NO4. The van der Waals surface area contributed by atoms with E-state index in [0.29, 0.717) is 11.8 Å². The molecule has 4 atom stereocenters. The quantitative estimate of drug-likeness (QED) is 0.350. The van der Waals surface area contributed by atoms with Gasteiger partial charge in [0.2, 0.25) is 6.29 Å². The van der Waals surface area contributed by atoms with Crippen LogP contribution in [0, 0.1) is 17.3 Å². The molecule has 0 aliphatic heterocycles. The molecule has 5 heteroatoms. The van der Waals surface area contributed by atoms with Gasteiger partial charge in [-0.1, -0.05) is 41.0 Å². The highest BCUT2D eigenvalue weighted by Gasteiger charge is 2.63.